The van der Waals surface area contributed by atoms with Crippen molar-refractivity contribution in [1.29, 1.82) is 0 Å². The van der Waals surface area contributed by atoms with Crippen molar-refractivity contribution in [3.05, 3.63) is 24.3 Å². The first-order valence-corrected chi connectivity index (χ1v) is 10.0. The fourth-order valence-electron chi connectivity index (χ4n) is 1.69. The molecule has 3 N–H and O–H groups in total. The highest BCUT2D eigenvalue weighted by Crippen LogP contribution is 2.16. The third-order valence-electron chi connectivity index (χ3n) is 3.58. The van der Waals surface area contributed by atoms with Crippen molar-refractivity contribution in [1.82, 2.24) is 4.72 Å². The van der Waals surface area contributed by atoms with Crippen molar-refractivity contribution >= 4 is 19.9 Å². The quantitative estimate of drug-likeness (QED) is 0.770. The number of sulfonamides is 1. The number of nitrogens with two attached hydrogens (primary N) is 1. The Balaban J connectivity index is 2.94. The molecule has 21 heavy (non-hydrogen) atoms. The lowest BCUT2D eigenvalue weighted by atomic mass is 9.95. The molecule has 0 aliphatic carbocycles. The standard InChI is InChI=1S/C13H22N2O4S2/c1-4-13(14,5-2)10-15-21(18,19)12-8-6-11(7-9-12)20(3,16)17/h6-9,15H,4-5,10,14H2,1-3H3. The summed E-state index contributed by atoms with van der Waals surface area (Å²) in [5.41, 5.74) is 5.47. The zero-order valence-corrected chi connectivity index (χ0v) is 14.1. The van der Waals surface area contributed by atoms with Crippen LogP contribution in [0.4, 0.5) is 0 Å². The van der Waals surface area contributed by atoms with Crippen LogP contribution in [-0.2, 0) is 19.9 Å². The van der Waals surface area contributed by atoms with Crippen LogP contribution in [0.2, 0.25) is 0 Å². The van der Waals surface area contributed by atoms with Gasteiger partial charge in [0, 0.05) is 18.3 Å². The van der Waals surface area contributed by atoms with Crippen molar-refractivity contribution in [3.63, 3.8) is 0 Å². The van der Waals surface area contributed by atoms with E-state index in [4.69, 9.17) is 5.73 Å². The van der Waals surface area contributed by atoms with E-state index in [0.29, 0.717) is 12.8 Å². The summed E-state index contributed by atoms with van der Waals surface area (Å²) in [7, 11) is -7.04. The van der Waals surface area contributed by atoms with E-state index in [9.17, 15) is 16.8 Å². The van der Waals surface area contributed by atoms with Gasteiger partial charge in [-0.25, -0.2) is 21.6 Å². The molecule has 0 bridgehead atoms. The van der Waals surface area contributed by atoms with Crippen LogP contribution in [0.25, 0.3) is 0 Å². The van der Waals surface area contributed by atoms with E-state index in [1.165, 1.54) is 24.3 Å². The molecule has 6 nitrogen and oxygen atoms in total. The molecule has 1 aromatic rings. The van der Waals surface area contributed by atoms with Gasteiger partial charge in [-0.1, -0.05) is 13.8 Å². The summed E-state index contributed by atoms with van der Waals surface area (Å²) >= 11 is 0. The molecule has 0 aliphatic rings. The Hall–Kier alpha value is -0.960. The zero-order valence-electron chi connectivity index (χ0n) is 12.5. The summed E-state index contributed by atoms with van der Waals surface area (Å²) in [4.78, 5) is 0.0983. The van der Waals surface area contributed by atoms with Crippen molar-refractivity contribution in [3.8, 4) is 0 Å². The number of sulfone groups is 1. The van der Waals surface area contributed by atoms with Gasteiger partial charge in [-0.15, -0.1) is 0 Å². The molecule has 0 radical (unpaired) electrons. The fraction of sp³-hybridized carbons (Fsp3) is 0.538. The molecule has 0 fully saturated rings. The first-order valence-electron chi connectivity index (χ1n) is 6.63. The van der Waals surface area contributed by atoms with E-state index < -0.39 is 25.4 Å². The van der Waals surface area contributed by atoms with Gasteiger partial charge in [0.05, 0.1) is 9.79 Å². The lowest BCUT2D eigenvalue weighted by Crippen LogP contribution is -2.49. The maximum absolute atomic E-state index is 12.2. The van der Waals surface area contributed by atoms with Crippen LogP contribution in [0.5, 0.6) is 0 Å². The molecule has 1 aromatic carbocycles. The van der Waals surface area contributed by atoms with E-state index in [-0.39, 0.29) is 16.3 Å². The van der Waals surface area contributed by atoms with Gasteiger partial charge in [-0.2, -0.15) is 0 Å². The fourth-order valence-corrected chi connectivity index (χ4v) is 3.46. The molecule has 8 heteroatoms. The molecule has 0 heterocycles. The lowest BCUT2D eigenvalue weighted by molar-refractivity contribution is 0.392. The third-order valence-corrected chi connectivity index (χ3v) is 6.13. The Labute approximate surface area is 126 Å². The van der Waals surface area contributed by atoms with Crippen LogP contribution in [0.1, 0.15) is 26.7 Å². The summed E-state index contributed by atoms with van der Waals surface area (Å²) in [6, 6.07) is 5.10. The summed E-state index contributed by atoms with van der Waals surface area (Å²) in [6.07, 6.45) is 2.37. The van der Waals surface area contributed by atoms with Gasteiger partial charge in [0.2, 0.25) is 10.0 Å². The van der Waals surface area contributed by atoms with Crippen molar-refractivity contribution in [2.45, 2.75) is 42.0 Å². The molecular formula is C13H22N2O4S2. The topological polar surface area (TPSA) is 106 Å². The van der Waals surface area contributed by atoms with Crippen LogP contribution < -0.4 is 10.5 Å². The predicted molar refractivity (Wildman–Crippen MR) is 82.2 cm³/mol. The average molecular weight is 334 g/mol. The lowest BCUT2D eigenvalue weighted by Gasteiger charge is -2.26. The molecule has 120 valence electrons. The molecule has 0 aromatic heterocycles. The number of nitrogens with one attached hydrogen (secondary N) is 1. The second-order valence-electron chi connectivity index (χ2n) is 5.14. The molecule has 0 aliphatic heterocycles. The number of rotatable bonds is 7. The predicted octanol–water partition coefficient (Wildman–Crippen LogP) is 0.886. The van der Waals surface area contributed by atoms with Crippen LogP contribution in [0.15, 0.2) is 34.1 Å². The Morgan fingerprint density at radius 3 is 1.81 bits per heavy atom. The van der Waals surface area contributed by atoms with Gasteiger partial charge >= 0.3 is 0 Å². The first kappa shape index (κ1) is 18.1. The van der Waals surface area contributed by atoms with Gasteiger partial charge in [0.1, 0.15) is 0 Å². The highest BCUT2D eigenvalue weighted by molar-refractivity contribution is 7.90. The molecule has 0 saturated heterocycles. The minimum absolute atomic E-state index is 0.0180. The van der Waals surface area contributed by atoms with E-state index in [0.717, 1.165) is 6.26 Å². The number of hydrogen-bond donors (Lipinski definition) is 2. The van der Waals surface area contributed by atoms with Crippen LogP contribution in [0, 0.1) is 0 Å². The monoisotopic (exact) mass is 334 g/mol. The van der Waals surface area contributed by atoms with E-state index >= 15 is 0 Å². The number of benzene rings is 1. The maximum Gasteiger partial charge on any atom is 0.240 e. The van der Waals surface area contributed by atoms with E-state index in [1.54, 1.807) is 0 Å². The van der Waals surface area contributed by atoms with Crippen molar-refractivity contribution < 1.29 is 16.8 Å². The van der Waals surface area contributed by atoms with Crippen LogP contribution >= 0.6 is 0 Å². The third kappa shape index (κ3) is 4.77. The average Bonchev–Trinajstić information content (AvgIpc) is 2.44. The number of hydrogen-bond acceptors (Lipinski definition) is 5. The molecule has 0 spiro atoms. The van der Waals surface area contributed by atoms with Crippen molar-refractivity contribution in [2.75, 3.05) is 12.8 Å². The molecule has 0 atom stereocenters. The van der Waals surface area contributed by atoms with Crippen LogP contribution in [-0.4, -0.2) is 35.2 Å². The second kappa shape index (κ2) is 6.43. The Morgan fingerprint density at radius 2 is 1.43 bits per heavy atom. The highest BCUT2D eigenvalue weighted by atomic mass is 32.2. The highest BCUT2D eigenvalue weighted by Gasteiger charge is 2.24. The Bertz CT molecular complexity index is 675. The Morgan fingerprint density at radius 1 is 1.00 bits per heavy atom. The summed E-state index contributed by atoms with van der Waals surface area (Å²) in [5.74, 6) is 0. The second-order valence-corrected chi connectivity index (χ2v) is 8.92. The molecule has 0 unspecified atom stereocenters. The molecule has 1 rings (SSSR count). The Kier molecular flexibility index (Phi) is 5.54. The van der Waals surface area contributed by atoms with Gasteiger partial charge in [-0.3, -0.25) is 0 Å². The summed E-state index contributed by atoms with van der Waals surface area (Å²) < 4.78 is 49.5. The van der Waals surface area contributed by atoms with Gasteiger partial charge in [0.15, 0.2) is 9.84 Å². The van der Waals surface area contributed by atoms with Crippen LogP contribution in [0.3, 0.4) is 0 Å². The normalized spacial score (nSPS) is 13.3. The first-order chi connectivity index (χ1) is 9.54. The molecular weight excluding hydrogens is 312 g/mol. The van der Waals surface area contributed by atoms with Gasteiger partial charge < -0.3 is 5.73 Å². The van der Waals surface area contributed by atoms with Gasteiger partial charge in [0.25, 0.3) is 0 Å². The minimum Gasteiger partial charge on any atom is -0.324 e. The molecule has 0 saturated carbocycles. The summed E-state index contributed by atoms with van der Waals surface area (Å²) in [6.45, 7) is 3.94. The summed E-state index contributed by atoms with van der Waals surface area (Å²) in [5, 5.41) is 0. The smallest absolute Gasteiger partial charge is 0.240 e. The van der Waals surface area contributed by atoms with Gasteiger partial charge in [-0.05, 0) is 37.1 Å². The molecule has 0 amide bonds. The maximum atomic E-state index is 12.2. The van der Waals surface area contributed by atoms with E-state index in [1.807, 2.05) is 13.8 Å². The SMILES string of the molecule is CCC(N)(CC)CNS(=O)(=O)c1ccc(S(C)(=O)=O)cc1. The minimum atomic E-state index is -3.70. The van der Waals surface area contributed by atoms with E-state index in [2.05, 4.69) is 4.72 Å². The van der Waals surface area contributed by atoms with Crippen molar-refractivity contribution in [2.24, 2.45) is 5.73 Å². The largest absolute Gasteiger partial charge is 0.324 e. The zero-order chi connectivity index (χ0) is 16.3.